The van der Waals surface area contributed by atoms with E-state index in [0.29, 0.717) is 0 Å². The molecule has 0 saturated heterocycles. The van der Waals surface area contributed by atoms with E-state index in [1.165, 1.54) is 11.1 Å². The predicted octanol–water partition coefficient (Wildman–Crippen LogP) is 5.32. The van der Waals surface area contributed by atoms with Gasteiger partial charge in [-0.2, -0.15) is 0 Å². The predicted molar refractivity (Wildman–Crippen MR) is 88.6 cm³/mol. The zero-order valence-electron chi connectivity index (χ0n) is 9.90. The van der Waals surface area contributed by atoms with Crippen LogP contribution in [-0.2, 0) is 0 Å². The van der Waals surface area contributed by atoms with Gasteiger partial charge < -0.3 is 4.74 Å². The van der Waals surface area contributed by atoms with E-state index in [4.69, 9.17) is 4.74 Å². The van der Waals surface area contributed by atoms with E-state index in [-0.39, 0.29) is 0 Å². The molecule has 2 aromatic carbocycles. The summed E-state index contributed by atoms with van der Waals surface area (Å²) < 4.78 is 7.88. The van der Waals surface area contributed by atoms with Crippen LogP contribution in [-0.4, -0.2) is 11.0 Å². The van der Waals surface area contributed by atoms with Gasteiger partial charge in [-0.15, -0.1) is 0 Å². The average molecular weight is 417 g/mol. The van der Waals surface area contributed by atoms with Crippen LogP contribution in [0.15, 0.2) is 53.0 Å². The lowest BCUT2D eigenvalue weighted by Crippen LogP contribution is -1.97. The molecule has 0 heterocycles. The van der Waals surface area contributed by atoms with Gasteiger partial charge in [0.25, 0.3) is 0 Å². The molecule has 0 spiro atoms. The highest BCUT2D eigenvalue weighted by Gasteiger charge is 1.98. The van der Waals surface area contributed by atoms with Gasteiger partial charge in [0.15, 0.2) is 0 Å². The Bertz CT molecular complexity index is 479. The number of benzene rings is 2. The second kappa shape index (κ2) is 7.14. The van der Waals surface area contributed by atoms with Crippen LogP contribution in [0.1, 0.15) is 6.42 Å². The number of halogens is 2. The molecule has 0 fully saturated rings. The van der Waals surface area contributed by atoms with Crippen LogP contribution >= 0.6 is 38.5 Å². The number of alkyl halides is 1. The summed E-state index contributed by atoms with van der Waals surface area (Å²) in [5.74, 6) is 0.945. The summed E-state index contributed by atoms with van der Waals surface area (Å²) in [6.45, 7) is 0.792. The first-order valence-electron chi connectivity index (χ1n) is 5.84. The molecule has 0 aliphatic rings. The molecule has 0 amide bonds. The Kier molecular flexibility index (Phi) is 5.50. The first-order valence-corrected chi connectivity index (χ1v) is 8.16. The van der Waals surface area contributed by atoms with Crippen LogP contribution < -0.4 is 4.74 Å². The van der Waals surface area contributed by atoms with Crippen molar-refractivity contribution >= 4 is 38.5 Å². The second-order valence-electron chi connectivity index (χ2n) is 3.92. The summed E-state index contributed by atoms with van der Waals surface area (Å²) >= 11 is 5.81. The minimum absolute atomic E-state index is 0.792. The van der Waals surface area contributed by atoms with Crippen molar-refractivity contribution in [1.29, 1.82) is 0 Å². The Morgan fingerprint density at radius 2 is 1.44 bits per heavy atom. The molecule has 0 bridgehead atoms. The first-order chi connectivity index (χ1) is 8.79. The Morgan fingerprint density at radius 1 is 0.889 bits per heavy atom. The maximum atomic E-state index is 5.64. The van der Waals surface area contributed by atoms with Crippen molar-refractivity contribution in [2.24, 2.45) is 0 Å². The molecular weight excluding hydrogens is 403 g/mol. The maximum Gasteiger partial charge on any atom is 0.119 e. The van der Waals surface area contributed by atoms with E-state index in [1.807, 2.05) is 12.1 Å². The van der Waals surface area contributed by atoms with Gasteiger partial charge in [0, 0.05) is 8.90 Å². The molecule has 94 valence electrons. The molecule has 0 aliphatic carbocycles. The van der Waals surface area contributed by atoms with Gasteiger partial charge in [0.2, 0.25) is 0 Å². The van der Waals surface area contributed by atoms with Crippen molar-refractivity contribution in [1.82, 2.24) is 0 Å². The highest BCUT2D eigenvalue weighted by molar-refractivity contribution is 14.1. The number of hydrogen-bond donors (Lipinski definition) is 0. The molecule has 0 radical (unpaired) electrons. The van der Waals surface area contributed by atoms with Crippen LogP contribution in [0.4, 0.5) is 0 Å². The molecule has 0 aliphatic heterocycles. The molecule has 0 atom stereocenters. The van der Waals surface area contributed by atoms with E-state index < -0.39 is 0 Å². The molecule has 1 nitrogen and oxygen atoms in total. The summed E-state index contributed by atoms with van der Waals surface area (Å²) in [6.07, 6.45) is 1.09. The third-order valence-electron chi connectivity index (χ3n) is 2.58. The lowest BCUT2D eigenvalue weighted by molar-refractivity contribution is 0.319. The quantitative estimate of drug-likeness (QED) is 0.364. The van der Waals surface area contributed by atoms with E-state index in [9.17, 15) is 0 Å². The highest BCUT2D eigenvalue weighted by Crippen LogP contribution is 2.24. The minimum atomic E-state index is 0.792. The first kappa shape index (κ1) is 13.9. The van der Waals surface area contributed by atoms with Crippen LogP contribution in [0.25, 0.3) is 11.1 Å². The second-order valence-corrected chi connectivity index (χ2v) is 5.92. The highest BCUT2D eigenvalue weighted by atomic mass is 127. The van der Waals surface area contributed by atoms with Gasteiger partial charge in [0.1, 0.15) is 5.75 Å². The lowest BCUT2D eigenvalue weighted by atomic mass is 10.1. The van der Waals surface area contributed by atoms with Gasteiger partial charge >= 0.3 is 0 Å². The topological polar surface area (TPSA) is 9.23 Å². The zero-order valence-corrected chi connectivity index (χ0v) is 13.6. The fraction of sp³-hybridized carbons (Fsp3) is 0.200. The van der Waals surface area contributed by atoms with Crippen molar-refractivity contribution in [3.05, 3.63) is 53.0 Å². The molecule has 2 aromatic rings. The molecular formula is C15H14BrIO. The van der Waals surface area contributed by atoms with E-state index >= 15 is 0 Å². The summed E-state index contributed by atoms with van der Waals surface area (Å²) in [7, 11) is 0. The van der Waals surface area contributed by atoms with Gasteiger partial charge in [0.05, 0.1) is 6.61 Å². The minimum Gasteiger partial charge on any atom is -0.494 e. The average Bonchev–Trinajstić information content (AvgIpc) is 2.41. The normalized spacial score (nSPS) is 10.3. The van der Waals surface area contributed by atoms with Crippen LogP contribution in [0, 0.1) is 0 Å². The Balaban J connectivity index is 2.05. The SMILES string of the molecule is Brc1ccc(-c2ccc(OCCCI)cc2)cc1. The largest absolute Gasteiger partial charge is 0.494 e. The Labute approximate surface area is 130 Å². The van der Waals surface area contributed by atoms with Gasteiger partial charge in [-0.05, 0) is 41.8 Å². The van der Waals surface area contributed by atoms with Crippen molar-refractivity contribution in [3.8, 4) is 16.9 Å². The lowest BCUT2D eigenvalue weighted by Gasteiger charge is -2.06. The number of ether oxygens (including phenoxy) is 1. The maximum absolute atomic E-state index is 5.64. The summed E-state index contributed by atoms with van der Waals surface area (Å²) in [6, 6.07) is 16.6. The van der Waals surface area contributed by atoms with Crippen molar-refractivity contribution in [2.75, 3.05) is 11.0 Å². The van der Waals surface area contributed by atoms with Crippen LogP contribution in [0.5, 0.6) is 5.75 Å². The van der Waals surface area contributed by atoms with Gasteiger partial charge in [-0.1, -0.05) is 62.8 Å². The molecule has 3 heteroatoms. The fourth-order valence-corrected chi connectivity index (χ4v) is 2.21. The van der Waals surface area contributed by atoms with Crippen LogP contribution in [0.2, 0.25) is 0 Å². The van der Waals surface area contributed by atoms with Crippen molar-refractivity contribution < 1.29 is 4.74 Å². The third-order valence-corrected chi connectivity index (χ3v) is 3.87. The summed E-state index contributed by atoms with van der Waals surface area (Å²) in [5.41, 5.74) is 2.43. The molecule has 0 N–H and O–H groups in total. The van der Waals surface area contributed by atoms with Gasteiger partial charge in [-0.25, -0.2) is 0 Å². The zero-order chi connectivity index (χ0) is 12.8. The monoisotopic (exact) mass is 416 g/mol. The van der Waals surface area contributed by atoms with Gasteiger partial charge in [-0.3, -0.25) is 0 Å². The van der Waals surface area contributed by atoms with E-state index in [1.54, 1.807) is 0 Å². The van der Waals surface area contributed by atoms with E-state index in [2.05, 4.69) is 74.9 Å². The Morgan fingerprint density at radius 3 is 2.00 bits per heavy atom. The van der Waals surface area contributed by atoms with Crippen LogP contribution in [0.3, 0.4) is 0 Å². The smallest absolute Gasteiger partial charge is 0.119 e. The van der Waals surface area contributed by atoms with Crippen molar-refractivity contribution in [2.45, 2.75) is 6.42 Å². The number of rotatable bonds is 5. The number of hydrogen-bond acceptors (Lipinski definition) is 1. The fourth-order valence-electron chi connectivity index (χ4n) is 1.63. The standard InChI is InChI=1S/C15H14BrIO/c16-14-6-2-12(3-7-14)13-4-8-15(9-5-13)18-11-1-10-17/h2-9H,1,10-11H2. The molecule has 0 aromatic heterocycles. The molecule has 2 rings (SSSR count). The third kappa shape index (κ3) is 3.99. The molecule has 0 saturated carbocycles. The van der Waals surface area contributed by atoms with Crippen molar-refractivity contribution in [3.63, 3.8) is 0 Å². The molecule has 18 heavy (non-hydrogen) atoms. The van der Waals surface area contributed by atoms with E-state index in [0.717, 1.165) is 27.7 Å². The Hall–Kier alpha value is -0.550. The molecule has 0 unspecified atom stereocenters. The summed E-state index contributed by atoms with van der Waals surface area (Å²) in [4.78, 5) is 0. The summed E-state index contributed by atoms with van der Waals surface area (Å²) in [5, 5.41) is 0.